The van der Waals surface area contributed by atoms with Crippen LogP contribution in [0.2, 0.25) is 5.04 Å². The summed E-state index contributed by atoms with van der Waals surface area (Å²) < 4.78 is 24.5. The Hall–Kier alpha value is -1.76. The summed E-state index contributed by atoms with van der Waals surface area (Å²) in [5.41, 5.74) is 1.23. The van der Waals surface area contributed by atoms with Gasteiger partial charge in [0.2, 0.25) is 0 Å². The lowest BCUT2D eigenvalue weighted by Gasteiger charge is -2.43. The van der Waals surface area contributed by atoms with E-state index in [9.17, 15) is 0 Å². The zero-order valence-electron chi connectivity index (χ0n) is 21.3. The first kappa shape index (κ1) is 25.9. The van der Waals surface area contributed by atoms with Crippen molar-refractivity contribution in [2.24, 2.45) is 0 Å². The lowest BCUT2D eigenvalue weighted by Crippen LogP contribution is -2.66. The van der Waals surface area contributed by atoms with Gasteiger partial charge in [0, 0.05) is 13.7 Å². The van der Waals surface area contributed by atoms with Crippen LogP contribution in [0.1, 0.15) is 48.0 Å². The molecule has 1 saturated heterocycles. The molecule has 0 unspecified atom stereocenters. The molecule has 0 amide bonds. The van der Waals surface area contributed by atoms with Crippen LogP contribution < -0.4 is 10.4 Å². The van der Waals surface area contributed by atoms with E-state index in [0.717, 1.165) is 6.42 Å². The molecule has 0 saturated carbocycles. The normalized spacial score (nSPS) is 20.1. The fourth-order valence-corrected chi connectivity index (χ4v) is 9.26. The van der Waals surface area contributed by atoms with Crippen LogP contribution in [0.3, 0.4) is 0 Å². The lowest BCUT2D eigenvalue weighted by molar-refractivity contribution is -0.149. The number of hydrogen-bond donors (Lipinski definition) is 0. The number of rotatable bonds is 9. The van der Waals surface area contributed by atoms with Crippen molar-refractivity contribution in [2.45, 2.75) is 71.0 Å². The van der Waals surface area contributed by atoms with Crippen molar-refractivity contribution in [3.05, 3.63) is 72.3 Å². The summed E-state index contributed by atoms with van der Waals surface area (Å²) in [4.78, 5) is 0. The van der Waals surface area contributed by atoms with Crippen molar-refractivity contribution >= 4 is 18.7 Å². The van der Waals surface area contributed by atoms with E-state index >= 15 is 0 Å². The van der Waals surface area contributed by atoms with Gasteiger partial charge in [0.25, 0.3) is 8.32 Å². The van der Waals surface area contributed by atoms with Crippen molar-refractivity contribution in [3.8, 4) is 0 Å². The molecule has 0 spiro atoms. The third kappa shape index (κ3) is 6.03. The molecule has 0 bridgehead atoms. The highest BCUT2D eigenvalue weighted by atomic mass is 28.4. The first-order chi connectivity index (χ1) is 15.6. The molecule has 180 valence electrons. The number of ether oxygens (including phenoxy) is 3. The predicted molar refractivity (Wildman–Crippen MR) is 138 cm³/mol. The molecule has 33 heavy (non-hydrogen) atoms. The molecule has 3 rings (SSSR count). The molecule has 0 aromatic heterocycles. The highest BCUT2D eigenvalue weighted by Gasteiger charge is 2.50. The van der Waals surface area contributed by atoms with E-state index in [1.54, 1.807) is 7.11 Å². The molecule has 5 heteroatoms. The first-order valence-electron chi connectivity index (χ1n) is 11.9. The summed E-state index contributed by atoms with van der Waals surface area (Å²) in [5.74, 6) is -0.560. The predicted octanol–water partition coefficient (Wildman–Crippen LogP) is 5.07. The van der Waals surface area contributed by atoms with Crippen molar-refractivity contribution < 1.29 is 18.6 Å². The molecule has 0 N–H and O–H groups in total. The quantitative estimate of drug-likeness (QED) is 0.380. The van der Waals surface area contributed by atoms with E-state index < -0.39 is 14.1 Å². The maximum atomic E-state index is 7.01. The van der Waals surface area contributed by atoms with E-state index in [-0.39, 0.29) is 17.2 Å². The van der Waals surface area contributed by atoms with Gasteiger partial charge in [0.15, 0.2) is 5.79 Å². The lowest BCUT2D eigenvalue weighted by atomic mass is 10.1. The standard InChI is InChI=1S/C28H40O4Si/c1-22(20-25(29-7)26-21-30-28(5,6)32-26)18-19-31-33(27(2,3)4,23-14-10-8-11-15-23)24-16-12-9-13-17-24/h8-17,20,25-26H,18-19,21H2,1-7H3/b22-20+/t25-,26+/m0/s1. The van der Waals surface area contributed by atoms with Crippen LogP contribution in [0.4, 0.5) is 0 Å². The van der Waals surface area contributed by atoms with Gasteiger partial charge in [-0.05, 0) is 42.6 Å². The summed E-state index contributed by atoms with van der Waals surface area (Å²) in [6.07, 6.45) is 2.75. The summed E-state index contributed by atoms with van der Waals surface area (Å²) >= 11 is 0. The van der Waals surface area contributed by atoms with Gasteiger partial charge in [0.05, 0.1) is 6.61 Å². The Morgan fingerprint density at radius 3 is 2.03 bits per heavy atom. The minimum absolute atomic E-state index is 0.0248. The van der Waals surface area contributed by atoms with Crippen molar-refractivity contribution in [1.29, 1.82) is 0 Å². The maximum absolute atomic E-state index is 7.01. The number of benzene rings is 2. The van der Waals surface area contributed by atoms with E-state index in [1.807, 2.05) is 13.8 Å². The van der Waals surface area contributed by atoms with Gasteiger partial charge in [-0.15, -0.1) is 0 Å². The van der Waals surface area contributed by atoms with Crippen LogP contribution >= 0.6 is 0 Å². The molecule has 2 aromatic rings. The van der Waals surface area contributed by atoms with Crippen LogP contribution in [0.15, 0.2) is 72.3 Å². The van der Waals surface area contributed by atoms with E-state index in [1.165, 1.54) is 15.9 Å². The highest BCUT2D eigenvalue weighted by molar-refractivity contribution is 6.99. The Labute approximate surface area is 201 Å². The Morgan fingerprint density at radius 2 is 1.61 bits per heavy atom. The van der Waals surface area contributed by atoms with Crippen molar-refractivity contribution in [2.75, 3.05) is 20.3 Å². The molecule has 4 nitrogen and oxygen atoms in total. The Morgan fingerprint density at radius 1 is 1.06 bits per heavy atom. The Kier molecular flexibility index (Phi) is 8.35. The summed E-state index contributed by atoms with van der Waals surface area (Å²) in [5, 5.41) is 2.58. The highest BCUT2D eigenvalue weighted by Crippen LogP contribution is 2.37. The monoisotopic (exact) mass is 468 g/mol. The van der Waals surface area contributed by atoms with E-state index in [0.29, 0.717) is 13.2 Å². The van der Waals surface area contributed by atoms with Crippen LogP contribution in [-0.2, 0) is 18.6 Å². The van der Waals surface area contributed by atoms with Gasteiger partial charge >= 0.3 is 0 Å². The van der Waals surface area contributed by atoms with Crippen LogP contribution in [0, 0.1) is 0 Å². The van der Waals surface area contributed by atoms with Gasteiger partial charge in [-0.2, -0.15) is 0 Å². The molecule has 2 atom stereocenters. The SMILES string of the molecule is CO[C@@H](/C=C(\C)CCO[Si](c1ccccc1)(c1ccccc1)C(C)(C)C)[C@H]1COC(C)(C)O1. The van der Waals surface area contributed by atoms with Gasteiger partial charge in [-0.3, -0.25) is 0 Å². The minimum atomic E-state index is -2.51. The number of methoxy groups -OCH3 is 1. The molecule has 2 aromatic carbocycles. The maximum Gasteiger partial charge on any atom is 0.261 e. The van der Waals surface area contributed by atoms with Gasteiger partial charge in [-0.1, -0.05) is 93.1 Å². The second-order valence-corrected chi connectivity index (χ2v) is 14.6. The number of hydrogen-bond acceptors (Lipinski definition) is 4. The molecular formula is C28H40O4Si. The van der Waals surface area contributed by atoms with Crippen LogP contribution in [0.25, 0.3) is 0 Å². The second-order valence-electron chi connectivity index (χ2n) is 10.3. The Balaban J connectivity index is 1.81. The van der Waals surface area contributed by atoms with Crippen molar-refractivity contribution in [1.82, 2.24) is 0 Å². The molecular weight excluding hydrogens is 428 g/mol. The zero-order chi connectivity index (χ0) is 24.1. The average Bonchev–Trinajstić information content (AvgIpc) is 3.15. The average molecular weight is 469 g/mol. The van der Waals surface area contributed by atoms with Gasteiger partial charge < -0.3 is 18.6 Å². The van der Waals surface area contributed by atoms with E-state index in [4.69, 9.17) is 18.6 Å². The molecule has 0 aliphatic carbocycles. The molecule has 1 aliphatic rings. The van der Waals surface area contributed by atoms with Gasteiger partial charge in [0.1, 0.15) is 12.2 Å². The smallest absolute Gasteiger partial charge is 0.261 e. The summed E-state index contributed by atoms with van der Waals surface area (Å²) in [6, 6.07) is 21.5. The third-order valence-electron chi connectivity index (χ3n) is 6.35. The zero-order valence-corrected chi connectivity index (χ0v) is 22.3. The Bertz CT molecular complexity index is 863. The fourth-order valence-electron chi connectivity index (χ4n) is 4.69. The third-order valence-corrected chi connectivity index (χ3v) is 11.4. The summed E-state index contributed by atoms with van der Waals surface area (Å²) in [6.45, 7) is 14.1. The fraction of sp³-hybridized carbons (Fsp3) is 0.500. The van der Waals surface area contributed by atoms with Crippen LogP contribution in [-0.4, -0.2) is 46.6 Å². The topological polar surface area (TPSA) is 36.9 Å². The largest absolute Gasteiger partial charge is 0.407 e. The summed E-state index contributed by atoms with van der Waals surface area (Å²) in [7, 11) is -0.788. The second kappa shape index (κ2) is 10.7. The first-order valence-corrected chi connectivity index (χ1v) is 13.8. The van der Waals surface area contributed by atoms with Crippen molar-refractivity contribution in [3.63, 3.8) is 0 Å². The van der Waals surface area contributed by atoms with Crippen LogP contribution in [0.5, 0.6) is 0 Å². The molecule has 0 radical (unpaired) electrons. The molecule has 1 fully saturated rings. The molecule has 1 heterocycles. The molecule has 1 aliphatic heterocycles. The minimum Gasteiger partial charge on any atom is -0.407 e. The van der Waals surface area contributed by atoms with Gasteiger partial charge in [-0.25, -0.2) is 0 Å². The van der Waals surface area contributed by atoms with E-state index in [2.05, 4.69) is 94.4 Å².